The van der Waals surface area contributed by atoms with Crippen LogP contribution in [0.4, 0.5) is 0 Å². The van der Waals surface area contributed by atoms with Crippen LogP contribution in [-0.2, 0) is 16.6 Å². The second-order valence-corrected chi connectivity index (χ2v) is 8.25. The minimum absolute atomic E-state index is 0.0206. The van der Waals surface area contributed by atoms with E-state index in [1.807, 2.05) is 24.4 Å². The zero-order valence-electron chi connectivity index (χ0n) is 13.4. The molecule has 0 spiro atoms. The predicted molar refractivity (Wildman–Crippen MR) is 95.4 cm³/mol. The normalized spacial score (nSPS) is 12.8. The smallest absolute Gasteiger partial charge is 0.251 e. The largest absolute Gasteiger partial charge is 0.352 e. The van der Waals surface area contributed by atoms with Gasteiger partial charge in [0, 0.05) is 29.6 Å². The second kappa shape index (κ2) is 8.39. The number of nitrogens with one attached hydrogen (secondary N) is 2. The van der Waals surface area contributed by atoms with Crippen molar-refractivity contribution in [3.05, 3.63) is 52.2 Å². The first-order valence-electron chi connectivity index (χ1n) is 7.54. The Morgan fingerprint density at radius 3 is 2.54 bits per heavy atom. The molecule has 1 aromatic carbocycles. The molecule has 0 bridgehead atoms. The van der Waals surface area contributed by atoms with E-state index in [9.17, 15) is 13.2 Å². The fourth-order valence-corrected chi connectivity index (χ4v) is 3.71. The minimum atomic E-state index is -3.60. The molecule has 2 aromatic rings. The third-order valence-corrected chi connectivity index (χ3v) is 5.62. The molecule has 130 valence electrons. The monoisotopic (exact) mass is 367 g/mol. The molecule has 2 rings (SSSR count). The van der Waals surface area contributed by atoms with Crippen molar-refractivity contribution in [2.75, 3.05) is 6.54 Å². The van der Waals surface area contributed by atoms with Crippen LogP contribution in [0.5, 0.6) is 0 Å². The average molecular weight is 367 g/mol. The Hall–Kier alpha value is -1.74. The van der Waals surface area contributed by atoms with Crippen LogP contribution in [0.1, 0.15) is 28.6 Å². The van der Waals surface area contributed by atoms with E-state index in [2.05, 4.69) is 10.0 Å². The van der Waals surface area contributed by atoms with Gasteiger partial charge in [-0.05, 0) is 49.1 Å². The highest BCUT2D eigenvalue weighted by Crippen LogP contribution is 2.13. The quantitative estimate of drug-likeness (QED) is 0.661. The third kappa shape index (κ3) is 5.41. The van der Waals surface area contributed by atoms with Crippen molar-refractivity contribution >= 4 is 27.3 Å². The van der Waals surface area contributed by atoms with Gasteiger partial charge in [0.25, 0.3) is 5.91 Å². The SMILES string of the molecule is CC(N)CCNC(=O)c1ccc(S(=O)(=O)NCc2cccs2)cc1. The maximum atomic E-state index is 12.2. The highest BCUT2D eigenvalue weighted by Gasteiger charge is 2.15. The van der Waals surface area contributed by atoms with Gasteiger partial charge >= 0.3 is 0 Å². The Morgan fingerprint density at radius 1 is 1.25 bits per heavy atom. The summed E-state index contributed by atoms with van der Waals surface area (Å²) in [4.78, 5) is 13.0. The van der Waals surface area contributed by atoms with Crippen LogP contribution in [-0.4, -0.2) is 26.9 Å². The van der Waals surface area contributed by atoms with Gasteiger partial charge in [-0.1, -0.05) is 6.07 Å². The zero-order valence-corrected chi connectivity index (χ0v) is 15.0. The molecule has 8 heteroatoms. The van der Waals surface area contributed by atoms with E-state index in [-0.39, 0.29) is 23.4 Å². The Morgan fingerprint density at radius 2 is 1.96 bits per heavy atom. The molecule has 0 aliphatic heterocycles. The van der Waals surface area contributed by atoms with Gasteiger partial charge in [-0.3, -0.25) is 4.79 Å². The fourth-order valence-electron chi connectivity index (χ4n) is 1.96. The molecule has 1 amide bonds. The molecule has 0 radical (unpaired) electrons. The molecule has 0 saturated heterocycles. The van der Waals surface area contributed by atoms with Crippen LogP contribution in [0, 0.1) is 0 Å². The van der Waals surface area contributed by atoms with Crippen molar-refractivity contribution < 1.29 is 13.2 Å². The molecule has 1 atom stereocenters. The summed E-state index contributed by atoms with van der Waals surface area (Å²) in [6, 6.07) is 9.61. The molecule has 0 aliphatic carbocycles. The van der Waals surface area contributed by atoms with Gasteiger partial charge in [-0.15, -0.1) is 11.3 Å². The number of rotatable bonds is 8. The second-order valence-electron chi connectivity index (χ2n) is 5.45. The van der Waals surface area contributed by atoms with Gasteiger partial charge < -0.3 is 11.1 Å². The Labute approximate surface area is 146 Å². The Kier molecular flexibility index (Phi) is 6.50. The van der Waals surface area contributed by atoms with Crippen LogP contribution in [0.15, 0.2) is 46.7 Å². The molecule has 1 aromatic heterocycles. The van der Waals surface area contributed by atoms with Crippen molar-refractivity contribution in [1.29, 1.82) is 0 Å². The van der Waals surface area contributed by atoms with Crippen LogP contribution in [0.2, 0.25) is 0 Å². The van der Waals surface area contributed by atoms with Crippen molar-refractivity contribution in [1.82, 2.24) is 10.0 Å². The van der Waals surface area contributed by atoms with Gasteiger partial charge in [0.05, 0.1) is 4.90 Å². The number of benzene rings is 1. The average Bonchev–Trinajstić information content (AvgIpc) is 3.06. The Bertz CT molecular complexity index is 754. The molecular weight excluding hydrogens is 346 g/mol. The van der Waals surface area contributed by atoms with Crippen molar-refractivity contribution in [3.63, 3.8) is 0 Å². The van der Waals surface area contributed by atoms with Gasteiger partial charge in [0.2, 0.25) is 10.0 Å². The summed E-state index contributed by atoms with van der Waals surface area (Å²) in [5.74, 6) is -0.244. The summed E-state index contributed by atoms with van der Waals surface area (Å²) in [5.41, 5.74) is 6.04. The fraction of sp³-hybridized carbons (Fsp3) is 0.312. The lowest BCUT2D eigenvalue weighted by molar-refractivity contribution is 0.0952. The number of sulfonamides is 1. The summed E-state index contributed by atoms with van der Waals surface area (Å²) >= 11 is 1.49. The van der Waals surface area contributed by atoms with E-state index < -0.39 is 10.0 Å². The van der Waals surface area contributed by atoms with Gasteiger partial charge in [0.15, 0.2) is 0 Å². The van der Waals surface area contributed by atoms with Crippen LogP contribution in [0.25, 0.3) is 0 Å². The number of hydrogen-bond donors (Lipinski definition) is 3. The highest BCUT2D eigenvalue weighted by molar-refractivity contribution is 7.89. The van der Waals surface area contributed by atoms with Crippen LogP contribution < -0.4 is 15.8 Å². The number of nitrogens with two attached hydrogens (primary N) is 1. The van der Waals surface area contributed by atoms with E-state index in [1.165, 1.54) is 35.6 Å². The molecule has 6 nitrogen and oxygen atoms in total. The van der Waals surface area contributed by atoms with Crippen LogP contribution >= 0.6 is 11.3 Å². The molecule has 1 unspecified atom stereocenters. The molecule has 24 heavy (non-hydrogen) atoms. The van der Waals surface area contributed by atoms with Crippen molar-refractivity contribution in [2.45, 2.75) is 30.8 Å². The molecular formula is C16H21N3O3S2. The summed E-state index contributed by atoms with van der Waals surface area (Å²) in [6.07, 6.45) is 0.685. The first-order valence-corrected chi connectivity index (χ1v) is 9.90. The van der Waals surface area contributed by atoms with Crippen molar-refractivity contribution in [3.8, 4) is 0 Å². The topological polar surface area (TPSA) is 101 Å². The summed E-state index contributed by atoms with van der Waals surface area (Å²) < 4.78 is 27.0. The lowest BCUT2D eigenvalue weighted by Crippen LogP contribution is -2.29. The first-order chi connectivity index (χ1) is 11.4. The molecule has 4 N–H and O–H groups in total. The molecule has 0 aliphatic rings. The lowest BCUT2D eigenvalue weighted by Gasteiger charge is -2.09. The molecule has 0 fully saturated rings. The summed E-state index contributed by atoms with van der Waals surface area (Å²) in [7, 11) is -3.60. The number of thiophene rings is 1. The maximum absolute atomic E-state index is 12.2. The minimum Gasteiger partial charge on any atom is -0.352 e. The van der Waals surface area contributed by atoms with Crippen molar-refractivity contribution in [2.24, 2.45) is 5.73 Å². The van der Waals surface area contributed by atoms with Gasteiger partial charge in [0.1, 0.15) is 0 Å². The lowest BCUT2D eigenvalue weighted by atomic mass is 10.2. The van der Waals surface area contributed by atoms with Crippen LogP contribution in [0.3, 0.4) is 0 Å². The standard InChI is InChI=1S/C16H21N3O3S2/c1-12(17)8-9-18-16(20)13-4-6-15(7-5-13)24(21,22)19-11-14-3-2-10-23-14/h2-7,10,12,19H,8-9,11,17H2,1H3,(H,18,20). The first kappa shape index (κ1) is 18.6. The van der Waals surface area contributed by atoms with E-state index >= 15 is 0 Å². The van der Waals surface area contributed by atoms with Gasteiger partial charge in [-0.2, -0.15) is 0 Å². The predicted octanol–water partition coefficient (Wildman–Crippen LogP) is 1.69. The van der Waals surface area contributed by atoms with E-state index in [0.29, 0.717) is 18.5 Å². The maximum Gasteiger partial charge on any atom is 0.251 e. The summed E-state index contributed by atoms with van der Waals surface area (Å²) in [6.45, 7) is 2.60. The Balaban J connectivity index is 1.96. The third-order valence-electron chi connectivity index (χ3n) is 3.33. The number of carbonyl (C=O) groups excluding carboxylic acids is 1. The molecule has 1 heterocycles. The highest BCUT2D eigenvalue weighted by atomic mass is 32.2. The molecule has 0 saturated carbocycles. The number of amides is 1. The number of hydrogen-bond acceptors (Lipinski definition) is 5. The summed E-state index contributed by atoms with van der Waals surface area (Å²) in [5, 5.41) is 4.64. The van der Waals surface area contributed by atoms with E-state index in [1.54, 1.807) is 0 Å². The number of carbonyl (C=O) groups is 1. The van der Waals surface area contributed by atoms with E-state index in [0.717, 1.165) is 4.88 Å². The van der Waals surface area contributed by atoms with Gasteiger partial charge in [-0.25, -0.2) is 13.1 Å². The van der Waals surface area contributed by atoms with E-state index in [4.69, 9.17) is 5.73 Å². The zero-order chi connectivity index (χ0) is 17.6.